The third kappa shape index (κ3) is 16.2. The molecule has 0 N–H and O–H groups in total. The fourth-order valence-corrected chi connectivity index (χ4v) is 9.84. The van der Waals surface area contributed by atoms with Gasteiger partial charge in [-0.25, -0.2) is 0 Å². The van der Waals surface area contributed by atoms with Gasteiger partial charge in [0.25, 0.3) is 0 Å². The Morgan fingerprint density at radius 3 is 0.897 bits per heavy atom. The molecule has 0 nitrogen and oxygen atoms in total. The molecule has 0 aliphatic heterocycles. The van der Waals surface area contributed by atoms with Gasteiger partial charge in [0.1, 0.15) is 0 Å². The summed E-state index contributed by atoms with van der Waals surface area (Å²) >= 11 is 3.02. The van der Waals surface area contributed by atoms with Gasteiger partial charge in [0.2, 0.25) is 0 Å². The monoisotopic (exact) mass is 1210 g/mol. The van der Waals surface area contributed by atoms with Gasteiger partial charge < -0.3 is 24.8 Å². The van der Waals surface area contributed by atoms with Crippen molar-refractivity contribution in [2.45, 2.75) is 81.1 Å². The molecule has 12 rings (SSSR count). The maximum absolute atomic E-state index is 2.34. The molecule has 0 amide bonds. The Morgan fingerprint density at radius 1 is 0.333 bits per heavy atom. The molecular weight excluding hydrogens is 1140 g/mol. The molecule has 0 radical (unpaired) electrons. The molecule has 0 atom stereocenters. The van der Waals surface area contributed by atoms with Crippen LogP contribution in [-0.4, -0.2) is 7.42 Å². The summed E-state index contributed by atoms with van der Waals surface area (Å²) < 4.78 is 4.18. The number of halogens is 2. The quantitative estimate of drug-likeness (QED) is 0.146. The van der Waals surface area contributed by atoms with E-state index in [-0.39, 0.29) is 24.8 Å². The fourth-order valence-electron chi connectivity index (χ4n) is 9.84. The Morgan fingerprint density at radius 2 is 0.615 bits per heavy atom. The van der Waals surface area contributed by atoms with E-state index in [9.17, 15) is 0 Å². The number of hydrogen-bond donors (Lipinski definition) is 0. The number of aryl methyl sites for hydroxylation is 4. The maximum Gasteiger partial charge on any atom is -0.0279 e. The first kappa shape index (κ1) is 63.1. The van der Waals surface area contributed by atoms with E-state index in [0.717, 1.165) is 0 Å². The molecule has 0 saturated heterocycles. The molecule has 0 fully saturated rings. The van der Waals surface area contributed by atoms with Crippen molar-refractivity contribution in [3.8, 4) is 44.5 Å². The summed E-state index contributed by atoms with van der Waals surface area (Å²) in [6, 6.07) is 82.8. The van der Waals surface area contributed by atoms with Gasteiger partial charge in [-0.2, -0.15) is 24.3 Å². The van der Waals surface area contributed by atoms with Gasteiger partial charge in [-0.15, -0.1) is 137 Å². The van der Waals surface area contributed by atoms with E-state index in [1.165, 1.54) is 169 Å². The summed E-state index contributed by atoms with van der Waals surface area (Å²) in [4.78, 5) is 0. The molecule has 0 bridgehead atoms. The minimum absolute atomic E-state index is 0. The number of hydrogen-bond acceptors (Lipinski definition) is 0. The molecule has 78 heavy (non-hydrogen) atoms. The maximum atomic E-state index is 2.34. The van der Waals surface area contributed by atoms with E-state index < -0.39 is 0 Å². The summed E-state index contributed by atoms with van der Waals surface area (Å²) in [6.07, 6.45) is 0. The Balaban J connectivity index is 0.000000184. The molecule has 12 aromatic carbocycles. The molecule has 4 heteroatoms. The van der Waals surface area contributed by atoms with Crippen LogP contribution in [0.4, 0.5) is 0 Å². The summed E-state index contributed by atoms with van der Waals surface area (Å²) in [6.45, 7) is 21.7. The standard InChI is InChI=1S/2C18H17.2C17H15.2C2H4.2ClH.2Zr/c2*1-13(2)16-11-15-9-6-10-17(18(15)12-16)14-7-4-3-5-8-14;2*1-12-10-16-13(2)8-9-15(17(16)11-12)14-6-4-3-5-7-14;2*1-2;;;;/h2*3-13H,1-2H3;2*3-11H,1-2H3;2*1H,2H3;2*1H;;/q4*-1;;;;;2*+2/p-2. The molecule has 0 saturated carbocycles. The zero-order chi connectivity index (χ0) is 54.1. The van der Waals surface area contributed by atoms with Crippen molar-refractivity contribution in [1.29, 1.82) is 0 Å². The van der Waals surface area contributed by atoms with Gasteiger partial charge in [0.05, 0.1) is 0 Å². The Bertz CT molecular complexity index is 3490. The Kier molecular flexibility index (Phi) is 25.2. The minimum Gasteiger partial charge on any atom is -1.00 e. The SMILES string of the molecule is CC(C)c1cc2c(-c3ccccc3)cccc2[cH-]1.CC(C)c1cc2c(-c3ccccc3)cccc2[cH-]1.C[CH]=[Zr+2].C[CH]=[Zr+2].Cc1cc2c(-c3ccccc3)ccc(C)c2[cH-]1.Cc1cc2c(-c3ccccc3)ccc(C)c2[cH-]1.[Cl-].[Cl-]. The van der Waals surface area contributed by atoms with Crippen LogP contribution in [0.2, 0.25) is 0 Å². The first-order valence-corrected chi connectivity index (χ1v) is 29.5. The van der Waals surface area contributed by atoms with Crippen LogP contribution >= 0.6 is 0 Å². The van der Waals surface area contributed by atoms with Crippen molar-refractivity contribution in [2.75, 3.05) is 0 Å². The van der Waals surface area contributed by atoms with E-state index in [1.807, 2.05) is 13.8 Å². The summed E-state index contributed by atoms with van der Waals surface area (Å²) in [5, 5.41) is 10.9. The normalized spacial score (nSPS) is 10.4. The van der Waals surface area contributed by atoms with Crippen molar-refractivity contribution in [3.05, 3.63) is 264 Å². The van der Waals surface area contributed by atoms with E-state index in [0.29, 0.717) is 11.8 Å². The van der Waals surface area contributed by atoms with Gasteiger partial charge in [0, 0.05) is 0 Å². The van der Waals surface area contributed by atoms with Crippen molar-refractivity contribution in [1.82, 2.24) is 0 Å². The molecule has 0 spiro atoms. The van der Waals surface area contributed by atoms with Crippen molar-refractivity contribution >= 4 is 50.5 Å². The third-order valence-corrected chi connectivity index (χ3v) is 13.7. The van der Waals surface area contributed by atoms with Crippen LogP contribution in [0.15, 0.2) is 231 Å². The average molecular weight is 1210 g/mol. The largest absolute Gasteiger partial charge is 1.00 e. The fraction of sp³-hybridized carbons (Fsp3) is 0.162. The van der Waals surface area contributed by atoms with Gasteiger partial charge in [-0.05, 0) is 34.1 Å². The predicted octanol–water partition coefficient (Wildman–Crippen LogP) is 15.1. The van der Waals surface area contributed by atoms with Gasteiger partial charge in [-0.1, -0.05) is 223 Å². The molecule has 392 valence electrons. The van der Waals surface area contributed by atoms with Crippen LogP contribution in [0, 0.1) is 27.7 Å². The van der Waals surface area contributed by atoms with E-state index in [2.05, 4.69) is 293 Å². The first-order chi connectivity index (χ1) is 36.8. The number of fused-ring (bicyclic) bond motifs is 4. The molecular formula is C74H72Cl2Zr2-2. The van der Waals surface area contributed by atoms with Crippen LogP contribution in [0.1, 0.15) is 86.8 Å². The van der Waals surface area contributed by atoms with E-state index in [4.69, 9.17) is 0 Å². The van der Waals surface area contributed by atoms with E-state index in [1.54, 1.807) is 0 Å². The first-order valence-electron chi connectivity index (χ1n) is 26.7. The topological polar surface area (TPSA) is 0 Å². The molecule has 0 unspecified atom stereocenters. The summed E-state index contributed by atoms with van der Waals surface area (Å²) in [7, 11) is 0. The van der Waals surface area contributed by atoms with Crippen LogP contribution in [-0.2, 0) is 48.5 Å². The van der Waals surface area contributed by atoms with Gasteiger partial charge >= 0.3 is 69.7 Å². The molecule has 0 aliphatic carbocycles. The average Bonchev–Trinajstić information content (AvgIpc) is 4.38. The van der Waals surface area contributed by atoms with Gasteiger partial charge in [-0.3, -0.25) is 0 Å². The van der Waals surface area contributed by atoms with Crippen molar-refractivity contribution in [3.63, 3.8) is 0 Å². The molecule has 12 aromatic rings. The van der Waals surface area contributed by atoms with Crippen LogP contribution in [0.5, 0.6) is 0 Å². The second kappa shape index (κ2) is 31.2. The van der Waals surface area contributed by atoms with E-state index >= 15 is 0 Å². The number of rotatable bonds is 6. The predicted molar refractivity (Wildman–Crippen MR) is 331 cm³/mol. The summed E-state index contributed by atoms with van der Waals surface area (Å²) in [5.41, 5.74) is 18.7. The van der Waals surface area contributed by atoms with Crippen LogP contribution in [0.25, 0.3) is 87.6 Å². The summed E-state index contributed by atoms with van der Waals surface area (Å²) in [5.74, 6) is 1.17. The Labute approximate surface area is 508 Å². The van der Waals surface area contributed by atoms with Crippen molar-refractivity contribution < 1.29 is 73.3 Å². The van der Waals surface area contributed by atoms with Gasteiger partial charge in [0.15, 0.2) is 0 Å². The second-order valence-electron chi connectivity index (χ2n) is 20.1. The zero-order valence-corrected chi connectivity index (χ0v) is 53.4. The second-order valence-corrected chi connectivity index (χ2v) is 23.0. The smallest absolute Gasteiger partial charge is 0.0279 e. The molecule has 0 heterocycles. The number of benzene rings is 8. The van der Waals surface area contributed by atoms with Crippen LogP contribution in [0.3, 0.4) is 0 Å². The molecule has 0 aromatic heterocycles. The Hall–Kier alpha value is -5.71. The molecule has 0 aliphatic rings. The zero-order valence-electron chi connectivity index (χ0n) is 47.0. The van der Waals surface area contributed by atoms with Crippen LogP contribution < -0.4 is 24.8 Å². The third-order valence-electron chi connectivity index (χ3n) is 13.7. The minimum atomic E-state index is 0. The van der Waals surface area contributed by atoms with Crippen molar-refractivity contribution in [2.24, 2.45) is 0 Å².